The van der Waals surface area contributed by atoms with Crippen LogP contribution >= 0.6 is 0 Å². The monoisotopic (exact) mass is 421 g/mol. The summed E-state index contributed by atoms with van der Waals surface area (Å²) in [6.45, 7) is 8.39. The first kappa shape index (κ1) is 22.1. The summed E-state index contributed by atoms with van der Waals surface area (Å²) in [4.78, 5) is 24.8. The van der Waals surface area contributed by atoms with E-state index in [1.165, 1.54) is 16.8 Å². The van der Waals surface area contributed by atoms with Gasteiger partial charge < -0.3 is 14.8 Å². The molecular formula is C24H27N3O4. The van der Waals surface area contributed by atoms with Crippen LogP contribution in [0.2, 0.25) is 0 Å². The van der Waals surface area contributed by atoms with Crippen LogP contribution in [0.1, 0.15) is 30.5 Å². The molecule has 0 saturated carbocycles. The lowest BCUT2D eigenvalue weighted by molar-refractivity contribution is -0.127. The second-order valence-corrected chi connectivity index (χ2v) is 7.21. The number of para-hydroxylation sites is 1. The van der Waals surface area contributed by atoms with Crippen molar-refractivity contribution < 1.29 is 14.3 Å². The molecule has 1 heterocycles. The predicted octanol–water partition coefficient (Wildman–Crippen LogP) is 3.33. The fourth-order valence-electron chi connectivity index (χ4n) is 3.01. The van der Waals surface area contributed by atoms with Crippen molar-refractivity contribution in [1.82, 2.24) is 15.1 Å². The average Bonchev–Trinajstić information content (AvgIpc) is 2.76. The Morgan fingerprint density at radius 3 is 2.61 bits per heavy atom. The maximum absolute atomic E-state index is 12.5. The second-order valence-electron chi connectivity index (χ2n) is 7.21. The zero-order chi connectivity index (χ0) is 22.4. The lowest BCUT2D eigenvalue weighted by Crippen LogP contribution is -2.36. The maximum atomic E-state index is 12.5. The number of amides is 1. The van der Waals surface area contributed by atoms with Gasteiger partial charge in [-0.1, -0.05) is 24.3 Å². The minimum absolute atomic E-state index is 0.190. The number of ether oxygens (including phenoxy) is 2. The van der Waals surface area contributed by atoms with Gasteiger partial charge in [0.05, 0.1) is 12.3 Å². The molecule has 0 saturated heterocycles. The number of benzene rings is 2. The van der Waals surface area contributed by atoms with Gasteiger partial charge in [-0.2, -0.15) is 4.68 Å². The normalized spacial score (nSPS) is 11.6. The third kappa shape index (κ3) is 5.51. The van der Waals surface area contributed by atoms with Crippen LogP contribution in [0, 0.1) is 13.8 Å². The molecule has 0 aliphatic heterocycles. The fourth-order valence-corrected chi connectivity index (χ4v) is 3.01. The lowest BCUT2D eigenvalue weighted by atomic mass is 10.1. The van der Waals surface area contributed by atoms with Gasteiger partial charge in [0.15, 0.2) is 6.10 Å². The summed E-state index contributed by atoms with van der Waals surface area (Å²) in [7, 11) is 0. The molecule has 1 unspecified atom stereocenters. The molecule has 0 spiro atoms. The Morgan fingerprint density at radius 2 is 1.87 bits per heavy atom. The number of aryl methyl sites for hydroxylation is 2. The van der Waals surface area contributed by atoms with E-state index in [1.807, 2.05) is 63.2 Å². The zero-order valence-electron chi connectivity index (χ0n) is 18.2. The molecule has 3 rings (SSSR count). The molecular weight excluding hydrogens is 394 g/mol. The summed E-state index contributed by atoms with van der Waals surface area (Å²) < 4.78 is 12.6. The van der Waals surface area contributed by atoms with Crippen LogP contribution in [-0.2, 0) is 11.3 Å². The molecule has 3 aromatic rings. The Morgan fingerprint density at radius 1 is 1.10 bits per heavy atom. The Hall–Kier alpha value is -3.61. The Labute approximate surface area is 181 Å². The SMILES string of the molecule is CCOc1ccccc1CNC(=O)C(C)Oc1ccc(=O)n(-c2ccc(C)c(C)c2)n1. The van der Waals surface area contributed by atoms with Crippen LogP contribution in [0.15, 0.2) is 59.4 Å². The Bertz CT molecular complexity index is 1120. The number of carbonyl (C=O) groups excluding carboxylic acids is 1. The van der Waals surface area contributed by atoms with Crippen molar-refractivity contribution in [1.29, 1.82) is 0 Å². The highest BCUT2D eigenvalue weighted by Crippen LogP contribution is 2.18. The number of aromatic nitrogens is 2. The van der Waals surface area contributed by atoms with Crippen molar-refractivity contribution >= 4 is 5.91 Å². The van der Waals surface area contributed by atoms with Crippen molar-refractivity contribution in [3.8, 4) is 17.3 Å². The minimum Gasteiger partial charge on any atom is -0.494 e. The van der Waals surface area contributed by atoms with E-state index in [-0.39, 0.29) is 17.3 Å². The van der Waals surface area contributed by atoms with Gasteiger partial charge in [-0.3, -0.25) is 9.59 Å². The van der Waals surface area contributed by atoms with E-state index in [4.69, 9.17) is 9.47 Å². The van der Waals surface area contributed by atoms with Gasteiger partial charge in [0.2, 0.25) is 5.88 Å². The largest absolute Gasteiger partial charge is 0.494 e. The third-order valence-corrected chi connectivity index (χ3v) is 4.90. The van der Waals surface area contributed by atoms with Gasteiger partial charge >= 0.3 is 0 Å². The Kier molecular flexibility index (Phi) is 7.07. The van der Waals surface area contributed by atoms with Crippen molar-refractivity contribution in [2.24, 2.45) is 0 Å². The van der Waals surface area contributed by atoms with Crippen molar-refractivity contribution in [3.05, 3.63) is 81.6 Å². The molecule has 1 amide bonds. The van der Waals surface area contributed by atoms with E-state index in [2.05, 4.69) is 10.4 Å². The molecule has 31 heavy (non-hydrogen) atoms. The molecule has 0 aliphatic carbocycles. The van der Waals surface area contributed by atoms with Crippen LogP contribution in [0.4, 0.5) is 0 Å². The summed E-state index contributed by atoms with van der Waals surface area (Å²) in [6.07, 6.45) is -0.794. The van der Waals surface area contributed by atoms with Gasteiger partial charge in [0.1, 0.15) is 5.75 Å². The number of hydrogen-bond acceptors (Lipinski definition) is 5. The lowest BCUT2D eigenvalue weighted by Gasteiger charge is -2.16. The fraction of sp³-hybridized carbons (Fsp3) is 0.292. The van der Waals surface area contributed by atoms with Crippen molar-refractivity contribution in [3.63, 3.8) is 0 Å². The molecule has 0 aliphatic rings. The molecule has 7 heteroatoms. The standard InChI is InChI=1S/C24H27N3O4/c1-5-30-21-9-7-6-8-19(21)15-25-24(29)18(4)31-22-12-13-23(28)27(26-22)20-11-10-16(2)17(3)14-20/h6-14,18H,5,15H2,1-4H3,(H,25,29). The Balaban J connectivity index is 1.69. The quantitative estimate of drug-likeness (QED) is 0.603. The predicted molar refractivity (Wildman–Crippen MR) is 119 cm³/mol. The van der Waals surface area contributed by atoms with Crippen LogP contribution in [0.3, 0.4) is 0 Å². The van der Waals surface area contributed by atoms with Crippen molar-refractivity contribution in [2.75, 3.05) is 6.61 Å². The van der Waals surface area contributed by atoms with Gasteiger partial charge in [0.25, 0.3) is 11.5 Å². The number of nitrogens with zero attached hydrogens (tertiary/aromatic N) is 2. The summed E-state index contributed by atoms with van der Waals surface area (Å²) in [6, 6.07) is 16.0. The molecule has 1 N–H and O–H groups in total. The first-order chi connectivity index (χ1) is 14.9. The van der Waals surface area contributed by atoms with Crippen LogP contribution in [0.25, 0.3) is 5.69 Å². The van der Waals surface area contributed by atoms with Crippen molar-refractivity contribution in [2.45, 2.75) is 40.3 Å². The summed E-state index contributed by atoms with van der Waals surface area (Å²) >= 11 is 0. The topological polar surface area (TPSA) is 82.5 Å². The number of rotatable bonds is 8. The summed E-state index contributed by atoms with van der Waals surface area (Å²) in [5.74, 6) is 0.633. The molecule has 0 radical (unpaired) electrons. The number of hydrogen-bond donors (Lipinski definition) is 1. The highest BCUT2D eigenvalue weighted by molar-refractivity contribution is 5.80. The smallest absolute Gasteiger partial charge is 0.271 e. The maximum Gasteiger partial charge on any atom is 0.271 e. The average molecular weight is 421 g/mol. The van der Waals surface area contributed by atoms with E-state index in [9.17, 15) is 9.59 Å². The summed E-state index contributed by atoms with van der Waals surface area (Å²) in [5.41, 5.74) is 3.42. The van der Waals surface area contributed by atoms with Crippen LogP contribution in [-0.4, -0.2) is 28.4 Å². The molecule has 0 fully saturated rings. The van der Waals surface area contributed by atoms with Gasteiger partial charge in [-0.15, -0.1) is 5.10 Å². The molecule has 2 aromatic carbocycles. The molecule has 0 bridgehead atoms. The molecule has 1 atom stereocenters. The van der Waals surface area contributed by atoms with Crippen LogP contribution < -0.4 is 20.3 Å². The van der Waals surface area contributed by atoms with Gasteiger partial charge in [-0.05, 0) is 57.0 Å². The second kappa shape index (κ2) is 9.93. The first-order valence-electron chi connectivity index (χ1n) is 10.2. The molecule has 162 valence electrons. The van der Waals surface area contributed by atoms with E-state index >= 15 is 0 Å². The zero-order valence-corrected chi connectivity index (χ0v) is 18.2. The van der Waals surface area contributed by atoms with Crippen LogP contribution in [0.5, 0.6) is 11.6 Å². The number of nitrogens with one attached hydrogen (secondary N) is 1. The van der Waals surface area contributed by atoms with E-state index in [0.29, 0.717) is 18.8 Å². The highest BCUT2D eigenvalue weighted by Gasteiger charge is 2.17. The molecule has 7 nitrogen and oxygen atoms in total. The first-order valence-corrected chi connectivity index (χ1v) is 10.2. The summed E-state index contributed by atoms with van der Waals surface area (Å²) in [5, 5.41) is 7.12. The van der Waals surface area contributed by atoms with E-state index < -0.39 is 6.10 Å². The minimum atomic E-state index is -0.794. The number of carbonyl (C=O) groups is 1. The molecule has 1 aromatic heterocycles. The van der Waals surface area contributed by atoms with Gasteiger partial charge in [-0.25, -0.2) is 0 Å². The third-order valence-electron chi connectivity index (χ3n) is 4.90. The van der Waals surface area contributed by atoms with E-state index in [1.54, 1.807) is 6.92 Å². The van der Waals surface area contributed by atoms with Gasteiger partial charge in [0, 0.05) is 24.2 Å². The van der Waals surface area contributed by atoms with E-state index in [0.717, 1.165) is 22.4 Å². The highest BCUT2D eigenvalue weighted by atomic mass is 16.5.